The fraction of sp³-hybridized carbons (Fsp3) is 0.188. The standard InChI is InChI=1S/C16H13Cl2F3N2O/c17-12-5-2-6-13(18)15(12)23-14(24)7-8-22-11-4-1-3-10(9-11)16(19,20)21/h1-6,9,22H,7-8H2,(H,23,24). The molecule has 0 bridgehead atoms. The molecular formula is C16H13Cl2F3N2O. The predicted octanol–water partition coefficient (Wildman–Crippen LogP) is 5.45. The molecule has 0 saturated carbocycles. The Morgan fingerprint density at radius 2 is 1.67 bits per heavy atom. The molecule has 8 heteroatoms. The molecule has 2 N–H and O–H groups in total. The van der Waals surface area contributed by atoms with Crippen LogP contribution in [0.5, 0.6) is 0 Å². The van der Waals surface area contributed by atoms with Gasteiger partial charge in [-0.15, -0.1) is 0 Å². The van der Waals surface area contributed by atoms with Crippen molar-refractivity contribution >= 4 is 40.5 Å². The van der Waals surface area contributed by atoms with Crippen molar-refractivity contribution in [3.63, 3.8) is 0 Å². The number of benzene rings is 2. The minimum absolute atomic E-state index is 0.0395. The largest absolute Gasteiger partial charge is 0.416 e. The van der Waals surface area contributed by atoms with Gasteiger partial charge in [-0.05, 0) is 30.3 Å². The Labute approximate surface area is 146 Å². The number of hydrogen-bond acceptors (Lipinski definition) is 2. The highest BCUT2D eigenvalue weighted by atomic mass is 35.5. The number of hydrogen-bond donors (Lipinski definition) is 2. The molecule has 128 valence electrons. The van der Waals surface area contributed by atoms with Gasteiger partial charge in [-0.3, -0.25) is 4.79 Å². The molecule has 0 aliphatic carbocycles. The number of alkyl halides is 3. The van der Waals surface area contributed by atoms with Crippen LogP contribution >= 0.6 is 23.2 Å². The highest BCUT2D eigenvalue weighted by Crippen LogP contribution is 2.31. The fourth-order valence-electron chi connectivity index (χ4n) is 1.95. The van der Waals surface area contributed by atoms with E-state index >= 15 is 0 Å². The van der Waals surface area contributed by atoms with Gasteiger partial charge < -0.3 is 10.6 Å². The SMILES string of the molecule is O=C(CCNc1cccc(C(F)(F)F)c1)Nc1c(Cl)cccc1Cl. The van der Waals surface area contributed by atoms with Crippen LogP contribution in [0.15, 0.2) is 42.5 Å². The minimum atomic E-state index is -4.41. The molecule has 2 rings (SSSR count). The number of amides is 1. The Morgan fingerprint density at radius 3 is 2.29 bits per heavy atom. The van der Waals surface area contributed by atoms with Crippen LogP contribution < -0.4 is 10.6 Å². The van der Waals surface area contributed by atoms with Gasteiger partial charge in [0.05, 0.1) is 21.3 Å². The zero-order chi connectivity index (χ0) is 17.7. The zero-order valence-electron chi connectivity index (χ0n) is 12.3. The van der Waals surface area contributed by atoms with E-state index in [2.05, 4.69) is 10.6 Å². The molecule has 3 nitrogen and oxygen atoms in total. The van der Waals surface area contributed by atoms with Gasteiger partial charge in [0.25, 0.3) is 0 Å². The molecule has 2 aromatic carbocycles. The molecule has 0 heterocycles. The highest BCUT2D eigenvalue weighted by Gasteiger charge is 2.30. The van der Waals surface area contributed by atoms with Gasteiger partial charge in [-0.1, -0.05) is 35.3 Å². The highest BCUT2D eigenvalue weighted by molar-refractivity contribution is 6.39. The summed E-state index contributed by atoms with van der Waals surface area (Å²) < 4.78 is 37.9. The summed E-state index contributed by atoms with van der Waals surface area (Å²) in [6.45, 7) is 0.162. The first-order valence-electron chi connectivity index (χ1n) is 6.92. The number of rotatable bonds is 5. The quantitative estimate of drug-likeness (QED) is 0.727. The van der Waals surface area contributed by atoms with Crippen molar-refractivity contribution in [2.45, 2.75) is 12.6 Å². The van der Waals surface area contributed by atoms with E-state index in [9.17, 15) is 18.0 Å². The van der Waals surface area contributed by atoms with Crippen LogP contribution in [0.25, 0.3) is 0 Å². The van der Waals surface area contributed by atoms with E-state index in [4.69, 9.17) is 23.2 Å². The molecule has 0 unspecified atom stereocenters. The van der Waals surface area contributed by atoms with Gasteiger partial charge in [0.1, 0.15) is 0 Å². The molecule has 24 heavy (non-hydrogen) atoms. The third kappa shape index (κ3) is 5.04. The molecule has 0 aliphatic rings. The maximum Gasteiger partial charge on any atom is 0.416 e. The second kappa shape index (κ2) is 7.77. The normalized spacial score (nSPS) is 11.2. The van der Waals surface area contributed by atoms with Gasteiger partial charge in [-0.2, -0.15) is 13.2 Å². The first kappa shape index (κ1) is 18.4. The number of nitrogens with one attached hydrogen (secondary N) is 2. The van der Waals surface area contributed by atoms with Gasteiger partial charge in [0.15, 0.2) is 0 Å². The average Bonchev–Trinajstić information content (AvgIpc) is 2.51. The van der Waals surface area contributed by atoms with Crippen LogP contribution in [0.4, 0.5) is 24.5 Å². The van der Waals surface area contributed by atoms with Crippen LogP contribution in [0.3, 0.4) is 0 Å². The number of carbonyl (C=O) groups excluding carboxylic acids is 1. The topological polar surface area (TPSA) is 41.1 Å². The van der Waals surface area contributed by atoms with Crippen molar-refractivity contribution in [3.05, 3.63) is 58.1 Å². The molecular weight excluding hydrogens is 364 g/mol. The van der Waals surface area contributed by atoms with E-state index in [1.54, 1.807) is 18.2 Å². The van der Waals surface area contributed by atoms with E-state index in [1.807, 2.05) is 0 Å². The summed E-state index contributed by atoms with van der Waals surface area (Å²) >= 11 is 11.9. The second-order valence-electron chi connectivity index (χ2n) is 4.90. The Hall–Kier alpha value is -1.92. The first-order valence-corrected chi connectivity index (χ1v) is 7.68. The Balaban J connectivity index is 1.89. The lowest BCUT2D eigenvalue weighted by Gasteiger charge is -2.11. The van der Waals surface area contributed by atoms with Crippen LogP contribution in [0, 0.1) is 0 Å². The van der Waals surface area contributed by atoms with Crippen molar-refractivity contribution in [1.29, 1.82) is 0 Å². The smallest absolute Gasteiger partial charge is 0.385 e. The number of anilines is 2. The van der Waals surface area contributed by atoms with Crippen molar-refractivity contribution < 1.29 is 18.0 Å². The maximum absolute atomic E-state index is 12.6. The van der Waals surface area contributed by atoms with Crippen molar-refractivity contribution in [3.8, 4) is 0 Å². The summed E-state index contributed by atoms with van der Waals surface area (Å²) in [5, 5.41) is 5.97. The van der Waals surface area contributed by atoms with Crippen LogP contribution in [0.1, 0.15) is 12.0 Å². The third-order valence-electron chi connectivity index (χ3n) is 3.10. The third-order valence-corrected chi connectivity index (χ3v) is 3.73. The van der Waals surface area contributed by atoms with Crippen LogP contribution in [0.2, 0.25) is 10.0 Å². The molecule has 0 aliphatic heterocycles. The summed E-state index contributed by atoms with van der Waals surface area (Å²) in [5.74, 6) is -0.357. The molecule has 2 aromatic rings. The molecule has 1 amide bonds. The molecule has 0 atom stereocenters. The summed E-state index contributed by atoms with van der Waals surface area (Å²) in [6.07, 6.45) is -4.37. The van der Waals surface area contributed by atoms with Gasteiger partial charge >= 0.3 is 6.18 Å². The number of para-hydroxylation sites is 1. The van der Waals surface area contributed by atoms with Crippen LogP contribution in [-0.2, 0) is 11.0 Å². The Kier molecular flexibility index (Phi) is 5.96. The predicted molar refractivity (Wildman–Crippen MR) is 89.6 cm³/mol. The zero-order valence-corrected chi connectivity index (χ0v) is 13.8. The van der Waals surface area contributed by atoms with Crippen molar-refractivity contribution in [2.24, 2.45) is 0 Å². The van der Waals surface area contributed by atoms with E-state index in [0.717, 1.165) is 12.1 Å². The molecule has 0 saturated heterocycles. The average molecular weight is 377 g/mol. The molecule has 0 aromatic heterocycles. The van der Waals surface area contributed by atoms with E-state index < -0.39 is 11.7 Å². The summed E-state index contributed by atoms with van der Waals surface area (Å²) in [5.41, 5.74) is -0.155. The number of carbonyl (C=O) groups is 1. The summed E-state index contributed by atoms with van der Waals surface area (Å²) in [6, 6.07) is 9.59. The van der Waals surface area contributed by atoms with E-state index in [-0.39, 0.29) is 24.6 Å². The Morgan fingerprint density at radius 1 is 1.04 bits per heavy atom. The van der Waals surface area contributed by atoms with Crippen molar-refractivity contribution in [1.82, 2.24) is 0 Å². The van der Waals surface area contributed by atoms with Gasteiger partial charge in [0, 0.05) is 18.7 Å². The van der Waals surface area contributed by atoms with Crippen molar-refractivity contribution in [2.75, 3.05) is 17.2 Å². The first-order chi connectivity index (χ1) is 11.3. The summed E-state index contributed by atoms with van der Waals surface area (Å²) in [7, 11) is 0. The molecule has 0 fully saturated rings. The fourth-order valence-corrected chi connectivity index (χ4v) is 2.44. The molecule has 0 spiro atoms. The Bertz CT molecular complexity index is 715. The summed E-state index contributed by atoms with van der Waals surface area (Å²) in [4.78, 5) is 11.9. The second-order valence-corrected chi connectivity index (χ2v) is 5.71. The maximum atomic E-state index is 12.6. The number of halogens is 5. The minimum Gasteiger partial charge on any atom is -0.385 e. The lowest BCUT2D eigenvalue weighted by Crippen LogP contribution is -2.17. The molecule has 0 radical (unpaired) electrons. The van der Waals surface area contributed by atoms with Crippen LogP contribution in [-0.4, -0.2) is 12.5 Å². The van der Waals surface area contributed by atoms with Gasteiger partial charge in [-0.25, -0.2) is 0 Å². The van der Waals surface area contributed by atoms with Gasteiger partial charge in [0.2, 0.25) is 5.91 Å². The van der Waals surface area contributed by atoms with E-state index in [1.165, 1.54) is 12.1 Å². The van der Waals surface area contributed by atoms with E-state index in [0.29, 0.717) is 15.7 Å². The lowest BCUT2D eigenvalue weighted by atomic mass is 10.2. The lowest BCUT2D eigenvalue weighted by molar-refractivity contribution is -0.137. The monoisotopic (exact) mass is 376 g/mol.